The molecule has 0 atom stereocenters. The minimum absolute atomic E-state index is 0.122. The van der Waals surface area contributed by atoms with Crippen LogP contribution in [-0.4, -0.2) is 22.4 Å². The molecule has 0 radical (unpaired) electrons. The molecule has 0 saturated carbocycles. The van der Waals surface area contributed by atoms with Gasteiger partial charge in [-0.05, 0) is 0 Å². The van der Waals surface area contributed by atoms with Gasteiger partial charge >= 0.3 is 102 Å². The van der Waals surface area contributed by atoms with Gasteiger partial charge in [-0.2, -0.15) is 0 Å². The van der Waals surface area contributed by atoms with Gasteiger partial charge in [-0.15, -0.1) is 0 Å². The Balaban J connectivity index is 3.01. The zero-order valence-corrected chi connectivity index (χ0v) is 15.9. The predicted molar refractivity (Wildman–Crippen MR) is 90.6 cm³/mol. The molecule has 0 unspecified atom stereocenters. The fourth-order valence-corrected chi connectivity index (χ4v) is 4.02. The molecule has 0 bridgehead atoms. The van der Waals surface area contributed by atoms with Crippen molar-refractivity contribution in [2.24, 2.45) is 0 Å². The van der Waals surface area contributed by atoms with Crippen LogP contribution in [0.25, 0.3) is 0 Å². The van der Waals surface area contributed by atoms with E-state index in [1.54, 1.807) is 0 Å². The molecule has 0 aliphatic rings. The number of hydrogen-bond acceptors (Lipinski definition) is 1. The number of rotatable bonds is 16. The van der Waals surface area contributed by atoms with Crippen LogP contribution in [0.15, 0.2) is 0 Å². The fourth-order valence-electron chi connectivity index (χ4n) is 2.69. The first-order valence-electron chi connectivity index (χ1n) is 9.11. The monoisotopic (exact) mass is 364 g/mol. The van der Waals surface area contributed by atoms with Crippen molar-refractivity contribution in [2.75, 3.05) is 0 Å². The summed E-state index contributed by atoms with van der Waals surface area (Å²) in [5, 5.41) is 0.122. The summed E-state index contributed by atoms with van der Waals surface area (Å²) in [6.07, 6.45) is 19.2. The molecule has 0 fully saturated rings. The van der Waals surface area contributed by atoms with E-state index in [0.29, 0.717) is 6.42 Å². The Morgan fingerprint density at radius 1 is 0.571 bits per heavy atom. The van der Waals surface area contributed by atoms with Crippen LogP contribution in [-0.2, 0) is 3.74 Å². The average molecular weight is 364 g/mol. The molecule has 128 valence electrons. The van der Waals surface area contributed by atoms with Gasteiger partial charge in [0.2, 0.25) is 0 Å². The average Bonchev–Trinajstić information content (AvgIpc) is 2.42. The fraction of sp³-hybridized carbons (Fsp3) is 1.00. The molecule has 0 aromatic rings. The Kier molecular flexibility index (Phi) is 15.4. The molecule has 0 aromatic heterocycles. The Hall–Kier alpha value is 0.278. The summed E-state index contributed by atoms with van der Waals surface area (Å²) in [6.45, 7) is 2.26. The molecule has 0 aliphatic heterocycles. The standard InChI is InChI=1S/C17H37AsO3/c1-2-3-4-5-6-7-8-9-10-11-12-13-14-15-16-17-18(19,20)21/h2-17H2,1H3,(H2,19,20,21). The van der Waals surface area contributed by atoms with Crippen LogP contribution in [0.2, 0.25) is 5.21 Å². The maximum absolute atomic E-state index is 10.7. The van der Waals surface area contributed by atoms with Crippen molar-refractivity contribution in [3.05, 3.63) is 0 Å². The van der Waals surface area contributed by atoms with E-state index in [4.69, 9.17) is 8.19 Å². The molecule has 0 aromatic carbocycles. The van der Waals surface area contributed by atoms with Gasteiger partial charge in [0.15, 0.2) is 0 Å². The van der Waals surface area contributed by atoms with E-state index in [-0.39, 0.29) is 5.21 Å². The quantitative estimate of drug-likeness (QED) is 0.292. The summed E-state index contributed by atoms with van der Waals surface area (Å²) in [7, 11) is 0. The van der Waals surface area contributed by atoms with Crippen molar-refractivity contribution in [2.45, 2.75) is 108 Å². The third-order valence-corrected chi connectivity index (χ3v) is 5.94. The second kappa shape index (κ2) is 15.2. The Morgan fingerprint density at radius 3 is 1.14 bits per heavy atom. The summed E-state index contributed by atoms with van der Waals surface area (Å²) in [4.78, 5) is 0. The predicted octanol–water partition coefficient (Wildman–Crippen LogP) is 5.21. The molecular weight excluding hydrogens is 327 g/mol. The summed E-state index contributed by atoms with van der Waals surface area (Å²) < 4.78 is 28.3. The van der Waals surface area contributed by atoms with Crippen LogP contribution in [0.3, 0.4) is 0 Å². The van der Waals surface area contributed by atoms with Gasteiger partial charge in [-0.3, -0.25) is 0 Å². The van der Waals surface area contributed by atoms with Gasteiger partial charge in [-0.1, -0.05) is 32.6 Å². The van der Waals surface area contributed by atoms with E-state index in [1.807, 2.05) is 0 Å². The summed E-state index contributed by atoms with van der Waals surface area (Å²) >= 11 is -4.32. The van der Waals surface area contributed by atoms with E-state index in [0.717, 1.165) is 12.8 Å². The first kappa shape index (κ1) is 21.3. The van der Waals surface area contributed by atoms with Crippen molar-refractivity contribution in [3.8, 4) is 0 Å². The topological polar surface area (TPSA) is 57.5 Å². The Bertz CT molecular complexity index is 250. The molecule has 3 nitrogen and oxygen atoms in total. The molecule has 21 heavy (non-hydrogen) atoms. The second-order valence-electron chi connectivity index (χ2n) is 6.34. The van der Waals surface area contributed by atoms with Gasteiger partial charge in [0.25, 0.3) is 0 Å². The molecule has 0 aliphatic carbocycles. The van der Waals surface area contributed by atoms with E-state index in [9.17, 15) is 3.74 Å². The minimum atomic E-state index is -4.32. The van der Waals surface area contributed by atoms with E-state index in [1.165, 1.54) is 77.0 Å². The van der Waals surface area contributed by atoms with Crippen molar-refractivity contribution in [1.82, 2.24) is 0 Å². The molecule has 0 saturated heterocycles. The third kappa shape index (κ3) is 20.3. The normalized spacial score (nSPS) is 12.0. The van der Waals surface area contributed by atoms with Crippen LogP contribution in [0.5, 0.6) is 0 Å². The third-order valence-electron chi connectivity index (χ3n) is 4.05. The van der Waals surface area contributed by atoms with Crippen LogP contribution in [0, 0.1) is 0 Å². The Morgan fingerprint density at radius 2 is 0.857 bits per heavy atom. The summed E-state index contributed by atoms with van der Waals surface area (Å²) in [5.41, 5.74) is 0. The molecule has 0 rings (SSSR count). The zero-order chi connectivity index (χ0) is 15.8. The number of hydrogen-bond donors (Lipinski definition) is 2. The van der Waals surface area contributed by atoms with Gasteiger partial charge in [0.05, 0.1) is 0 Å². The molecule has 2 N–H and O–H groups in total. The van der Waals surface area contributed by atoms with Crippen LogP contribution in [0.4, 0.5) is 0 Å². The SMILES string of the molecule is CCCCCCCCCCCCCCCCC[As](=O)(O)O. The molecule has 0 spiro atoms. The van der Waals surface area contributed by atoms with E-state index < -0.39 is 14.2 Å². The molecule has 0 heterocycles. The van der Waals surface area contributed by atoms with E-state index >= 15 is 0 Å². The van der Waals surface area contributed by atoms with Crippen molar-refractivity contribution in [3.63, 3.8) is 0 Å². The van der Waals surface area contributed by atoms with E-state index in [2.05, 4.69) is 6.92 Å². The second-order valence-corrected chi connectivity index (χ2v) is 10.1. The van der Waals surface area contributed by atoms with Gasteiger partial charge in [-0.25, -0.2) is 0 Å². The van der Waals surface area contributed by atoms with Crippen LogP contribution < -0.4 is 0 Å². The van der Waals surface area contributed by atoms with Crippen molar-refractivity contribution in [1.29, 1.82) is 0 Å². The number of unbranched alkanes of at least 4 members (excludes halogenated alkanes) is 14. The summed E-state index contributed by atoms with van der Waals surface area (Å²) in [6, 6.07) is 0. The van der Waals surface area contributed by atoms with Crippen molar-refractivity contribution >= 4 is 14.2 Å². The van der Waals surface area contributed by atoms with Gasteiger partial charge in [0, 0.05) is 0 Å². The van der Waals surface area contributed by atoms with Gasteiger partial charge in [0.1, 0.15) is 0 Å². The summed E-state index contributed by atoms with van der Waals surface area (Å²) in [5.74, 6) is 0. The first-order chi connectivity index (χ1) is 10.1. The molecule has 0 amide bonds. The van der Waals surface area contributed by atoms with Crippen LogP contribution in [0.1, 0.15) is 103 Å². The maximum atomic E-state index is 10.7. The first-order valence-corrected chi connectivity index (χ1v) is 12.9. The van der Waals surface area contributed by atoms with Crippen LogP contribution >= 0.6 is 0 Å². The van der Waals surface area contributed by atoms with Crippen molar-refractivity contribution < 1.29 is 11.9 Å². The Labute approximate surface area is 134 Å². The zero-order valence-electron chi connectivity index (χ0n) is 14.1. The molecule has 4 heteroatoms. The molecular formula is C17H37AsO3. The van der Waals surface area contributed by atoms with Gasteiger partial charge < -0.3 is 0 Å².